The van der Waals surface area contributed by atoms with Crippen LogP contribution in [0, 0.1) is 0 Å². The summed E-state index contributed by atoms with van der Waals surface area (Å²) in [6, 6.07) is 4.96. The molecule has 22 heavy (non-hydrogen) atoms. The molecule has 1 aromatic carbocycles. The number of carboxylic acids is 1. The first-order chi connectivity index (χ1) is 10.5. The zero-order valence-electron chi connectivity index (χ0n) is 12.4. The summed E-state index contributed by atoms with van der Waals surface area (Å²) in [4.78, 5) is 24.8. The number of fused-ring (bicyclic) bond motifs is 1. The van der Waals surface area contributed by atoms with Gasteiger partial charge in [0.25, 0.3) is 0 Å². The monoisotopic (exact) mass is 300 g/mol. The number of hydrogen-bond acceptors (Lipinski definition) is 2. The van der Waals surface area contributed by atoms with Crippen molar-refractivity contribution in [3.8, 4) is 0 Å². The van der Waals surface area contributed by atoms with E-state index in [0.717, 1.165) is 17.5 Å². The average Bonchev–Trinajstić information content (AvgIpc) is 2.87. The molecule has 1 aromatic rings. The van der Waals surface area contributed by atoms with Gasteiger partial charge in [0, 0.05) is 19.1 Å². The van der Waals surface area contributed by atoms with Crippen LogP contribution in [0.3, 0.4) is 0 Å². The van der Waals surface area contributed by atoms with Gasteiger partial charge in [-0.1, -0.05) is 18.2 Å². The van der Waals surface area contributed by atoms with Crippen molar-refractivity contribution < 1.29 is 14.7 Å². The summed E-state index contributed by atoms with van der Waals surface area (Å²) in [5, 5.41) is 12.0. The molecule has 2 N–H and O–H groups in total. The van der Waals surface area contributed by atoms with E-state index < -0.39 is 5.97 Å². The Balaban J connectivity index is 2.01. The normalized spacial score (nSPS) is 15.7. The van der Waals surface area contributed by atoms with Crippen LogP contribution in [0.2, 0.25) is 0 Å². The number of nitrogens with one attached hydrogen (secondary N) is 1. The van der Waals surface area contributed by atoms with E-state index >= 15 is 0 Å². The van der Waals surface area contributed by atoms with Gasteiger partial charge in [0.1, 0.15) is 0 Å². The molecule has 5 nitrogen and oxygen atoms in total. The van der Waals surface area contributed by atoms with Crippen molar-refractivity contribution in [1.29, 1.82) is 0 Å². The van der Waals surface area contributed by atoms with Crippen LogP contribution in [0.25, 0.3) is 0 Å². The molecule has 1 atom stereocenters. The number of carbonyl (C=O) groups excluding carboxylic acids is 1. The highest BCUT2D eigenvalue weighted by Gasteiger charge is 2.25. The van der Waals surface area contributed by atoms with Crippen LogP contribution in [0.15, 0.2) is 43.5 Å². The smallest absolute Gasteiger partial charge is 0.335 e. The van der Waals surface area contributed by atoms with Crippen molar-refractivity contribution in [3.05, 3.63) is 60.2 Å². The van der Waals surface area contributed by atoms with Gasteiger partial charge < -0.3 is 15.3 Å². The highest BCUT2D eigenvalue weighted by Crippen LogP contribution is 2.23. The Bertz CT molecular complexity index is 600. The highest BCUT2D eigenvalue weighted by atomic mass is 16.4. The second kappa shape index (κ2) is 6.93. The van der Waals surface area contributed by atoms with E-state index in [9.17, 15) is 9.59 Å². The van der Waals surface area contributed by atoms with Gasteiger partial charge >= 0.3 is 12.0 Å². The van der Waals surface area contributed by atoms with Crippen molar-refractivity contribution in [2.75, 3.05) is 13.1 Å². The second-order valence-electron chi connectivity index (χ2n) is 5.33. The molecule has 1 aliphatic rings. The van der Waals surface area contributed by atoms with E-state index in [0.29, 0.717) is 19.5 Å². The molecule has 0 aromatic heterocycles. The van der Waals surface area contributed by atoms with E-state index in [1.54, 1.807) is 29.2 Å². The Kier molecular flexibility index (Phi) is 4.99. The molecule has 1 aliphatic carbocycles. The predicted octanol–water partition coefficient (Wildman–Crippen LogP) is 2.24. The molecule has 0 bridgehead atoms. The topological polar surface area (TPSA) is 69.6 Å². The zero-order chi connectivity index (χ0) is 16.1. The van der Waals surface area contributed by atoms with E-state index in [4.69, 9.17) is 5.11 Å². The van der Waals surface area contributed by atoms with Crippen LogP contribution in [-0.2, 0) is 12.8 Å². The molecule has 0 saturated carbocycles. The van der Waals surface area contributed by atoms with E-state index in [1.165, 1.54) is 0 Å². The van der Waals surface area contributed by atoms with Crippen LogP contribution < -0.4 is 5.32 Å². The lowest BCUT2D eigenvalue weighted by Crippen LogP contribution is -2.45. The molecule has 0 radical (unpaired) electrons. The number of carboxylic acid groups (broad SMARTS) is 1. The van der Waals surface area contributed by atoms with Crippen molar-refractivity contribution in [3.63, 3.8) is 0 Å². The molecule has 1 unspecified atom stereocenters. The Morgan fingerprint density at radius 1 is 1.23 bits per heavy atom. The summed E-state index contributed by atoms with van der Waals surface area (Å²) >= 11 is 0. The van der Waals surface area contributed by atoms with Crippen molar-refractivity contribution in [2.45, 2.75) is 18.9 Å². The lowest BCUT2D eigenvalue weighted by Gasteiger charge is -2.22. The van der Waals surface area contributed by atoms with Crippen molar-refractivity contribution >= 4 is 12.0 Å². The summed E-state index contributed by atoms with van der Waals surface area (Å²) in [6.45, 7) is 8.21. The number of urea groups is 1. The number of amides is 2. The van der Waals surface area contributed by atoms with Gasteiger partial charge in [-0.25, -0.2) is 9.59 Å². The molecule has 0 heterocycles. The molecule has 0 aliphatic heterocycles. The maximum Gasteiger partial charge on any atom is 0.335 e. The lowest BCUT2D eigenvalue weighted by atomic mass is 10.1. The van der Waals surface area contributed by atoms with Gasteiger partial charge in [0.05, 0.1) is 5.56 Å². The fourth-order valence-electron chi connectivity index (χ4n) is 2.67. The fourth-order valence-corrected chi connectivity index (χ4v) is 2.67. The largest absolute Gasteiger partial charge is 0.478 e. The average molecular weight is 300 g/mol. The van der Waals surface area contributed by atoms with Crippen molar-refractivity contribution in [2.24, 2.45) is 0 Å². The molecule has 0 spiro atoms. The van der Waals surface area contributed by atoms with Gasteiger partial charge in [0.2, 0.25) is 0 Å². The minimum absolute atomic E-state index is 0.0105. The summed E-state index contributed by atoms with van der Waals surface area (Å²) in [7, 11) is 0. The second-order valence-corrected chi connectivity index (χ2v) is 5.33. The molecule has 116 valence electrons. The number of hydrogen-bond donors (Lipinski definition) is 2. The highest BCUT2D eigenvalue weighted by molar-refractivity contribution is 5.88. The first-order valence-electron chi connectivity index (χ1n) is 7.17. The van der Waals surface area contributed by atoms with Gasteiger partial charge in [-0.05, 0) is 36.1 Å². The van der Waals surface area contributed by atoms with E-state index in [2.05, 4.69) is 18.5 Å². The van der Waals surface area contributed by atoms with Crippen LogP contribution in [0.1, 0.15) is 21.5 Å². The standard InChI is InChI=1S/C17H20N2O3/c1-3-7-19(8-4-2)17(22)18-15-10-12-5-6-13(16(20)21)9-14(12)11-15/h3-6,9,15H,1-2,7-8,10-11H2,(H,18,22)(H,20,21). The molecule has 2 amide bonds. The van der Waals surface area contributed by atoms with Crippen LogP contribution >= 0.6 is 0 Å². The quantitative estimate of drug-likeness (QED) is 0.792. The molecule has 0 fully saturated rings. The number of nitrogens with zero attached hydrogens (tertiary/aromatic N) is 1. The molecule has 0 saturated heterocycles. The van der Waals surface area contributed by atoms with Crippen LogP contribution in [-0.4, -0.2) is 41.1 Å². The van der Waals surface area contributed by atoms with Gasteiger partial charge in [-0.2, -0.15) is 0 Å². The molecule has 2 rings (SSSR count). The van der Waals surface area contributed by atoms with Gasteiger partial charge in [-0.15, -0.1) is 13.2 Å². The molecular weight excluding hydrogens is 280 g/mol. The Hall–Kier alpha value is -2.56. The Morgan fingerprint density at radius 2 is 1.86 bits per heavy atom. The van der Waals surface area contributed by atoms with Crippen LogP contribution in [0.4, 0.5) is 4.79 Å². The number of rotatable bonds is 6. The summed E-state index contributed by atoms with van der Waals surface area (Å²) in [6.07, 6.45) is 4.71. The van der Waals surface area contributed by atoms with Crippen LogP contribution in [0.5, 0.6) is 0 Å². The van der Waals surface area contributed by atoms with E-state index in [1.807, 2.05) is 6.07 Å². The zero-order valence-corrected chi connectivity index (χ0v) is 12.4. The number of benzene rings is 1. The minimum atomic E-state index is -0.932. The third-order valence-corrected chi connectivity index (χ3v) is 3.70. The third-order valence-electron chi connectivity index (χ3n) is 3.70. The molecular formula is C17H20N2O3. The summed E-state index contributed by atoms with van der Waals surface area (Å²) in [5.74, 6) is -0.932. The lowest BCUT2D eigenvalue weighted by molar-refractivity contribution is 0.0696. The summed E-state index contributed by atoms with van der Waals surface area (Å²) < 4.78 is 0. The SMILES string of the molecule is C=CCN(CC=C)C(=O)NC1Cc2ccc(C(=O)O)cc2C1. The summed E-state index contributed by atoms with van der Waals surface area (Å²) in [5.41, 5.74) is 2.36. The minimum Gasteiger partial charge on any atom is -0.478 e. The van der Waals surface area contributed by atoms with Crippen molar-refractivity contribution in [1.82, 2.24) is 10.2 Å². The number of carbonyl (C=O) groups is 2. The van der Waals surface area contributed by atoms with Gasteiger partial charge in [-0.3, -0.25) is 0 Å². The van der Waals surface area contributed by atoms with E-state index in [-0.39, 0.29) is 17.6 Å². The number of aromatic carboxylic acids is 1. The first kappa shape index (κ1) is 15.8. The molecule has 5 heteroatoms. The third kappa shape index (κ3) is 3.55. The Labute approximate surface area is 129 Å². The maximum absolute atomic E-state index is 12.2. The fraction of sp³-hybridized carbons (Fsp3) is 0.294. The van der Waals surface area contributed by atoms with Gasteiger partial charge in [0.15, 0.2) is 0 Å². The Morgan fingerprint density at radius 3 is 2.45 bits per heavy atom. The first-order valence-corrected chi connectivity index (χ1v) is 7.17. The predicted molar refractivity (Wildman–Crippen MR) is 85.1 cm³/mol. The maximum atomic E-state index is 12.2.